The number of nitrogens with zero attached hydrogens (tertiary/aromatic N) is 5. The summed E-state index contributed by atoms with van der Waals surface area (Å²) >= 11 is 0. The van der Waals surface area contributed by atoms with Crippen molar-refractivity contribution in [3.05, 3.63) is 54.2 Å². The highest BCUT2D eigenvalue weighted by Gasteiger charge is 2.17. The van der Waals surface area contributed by atoms with Crippen LogP contribution in [0.4, 0.5) is 23.3 Å². The van der Waals surface area contributed by atoms with E-state index in [1.54, 1.807) is 18.3 Å². The van der Waals surface area contributed by atoms with Crippen molar-refractivity contribution in [3.8, 4) is 17.3 Å². The van der Waals surface area contributed by atoms with Gasteiger partial charge in [0.15, 0.2) is 0 Å². The summed E-state index contributed by atoms with van der Waals surface area (Å²) in [4.78, 5) is 15.6. The van der Waals surface area contributed by atoms with Gasteiger partial charge in [-0.3, -0.25) is 0 Å². The number of nitrogen functional groups attached to an aromatic ring is 1. The van der Waals surface area contributed by atoms with Crippen molar-refractivity contribution in [1.29, 1.82) is 5.26 Å². The van der Waals surface area contributed by atoms with E-state index in [0.717, 1.165) is 24.3 Å². The first-order valence-corrected chi connectivity index (χ1v) is 8.93. The quantitative estimate of drug-likeness (QED) is 0.717. The van der Waals surface area contributed by atoms with E-state index in [0.29, 0.717) is 42.0 Å². The van der Waals surface area contributed by atoms with Gasteiger partial charge in [0, 0.05) is 30.9 Å². The number of aromatic nitrogens is 3. The molecular weight excluding hydrogens is 354 g/mol. The molecule has 28 heavy (non-hydrogen) atoms. The monoisotopic (exact) mass is 373 g/mol. The van der Waals surface area contributed by atoms with Crippen LogP contribution in [-0.4, -0.2) is 41.3 Å². The largest absolute Gasteiger partial charge is 0.384 e. The summed E-state index contributed by atoms with van der Waals surface area (Å²) in [6.45, 7) is 2.71. The van der Waals surface area contributed by atoms with E-state index in [1.165, 1.54) is 0 Å². The van der Waals surface area contributed by atoms with Crippen LogP contribution in [-0.2, 0) is 4.74 Å². The minimum absolute atomic E-state index is 0.451. The molecule has 3 aromatic rings. The van der Waals surface area contributed by atoms with E-state index < -0.39 is 0 Å². The Morgan fingerprint density at radius 2 is 1.93 bits per heavy atom. The van der Waals surface area contributed by atoms with Gasteiger partial charge >= 0.3 is 0 Å². The van der Waals surface area contributed by atoms with E-state index in [9.17, 15) is 5.26 Å². The summed E-state index contributed by atoms with van der Waals surface area (Å²) in [7, 11) is 0. The number of rotatable bonds is 4. The predicted molar refractivity (Wildman–Crippen MR) is 107 cm³/mol. The lowest BCUT2D eigenvalue weighted by Crippen LogP contribution is -2.37. The zero-order valence-electron chi connectivity index (χ0n) is 15.2. The Hall–Kier alpha value is -3.70. The molecule has 0 radical (unpaired) electrons. The molecule has 1 fully saturated rings. The first-order valence-electron chi connectivity index (χ1n) is 8.93. The van der Waals surface area contributed by atoms with Gasteiger partial charge in [-0.1, -0.05) is 12.1 Å². The lowest BCUT2D eigenvalue weighted by molar-refractivity contribution is 0.122. The zero-order valence-corrected chi connectivity index (χ0v) is 15.2. The maximum absolute atomic E-state index is 9.35. The molecule has 1 aromatic carbocycles. The summed E-state index contributed by atoms with van der Waals surface area (Å²) in [6, 6.07) is 15.0. The van der Waals surface area contributed by atoms with Crippen molar-refractivity contribution in [2.45, 2.75) is 0 Å². The number of morpholine rings is 1. The summed E-state index contributed by atoms with van der Waals surface area (Å²) in [5.41, 5.74) is 8.50. The zero-order chi connectivity index (χ0) is 19.3. The van der Waals surface area contributed by atoms with Crippen molar-refractivity contribution in [2.24, 2.45) is 0 Å². The van der Waals surface area contributed by atoms with Gasteiger partial charge in [0.1, 0.15) is 17.7 Å². The van der Waals surface area contributed by atoms with Gasteiger partial charge < -0.3 is 20.7 Å². The Morgan fingerprint density at radius 3 is 2.68 bits per heavy atom. The van der Waals surface area contributed by atoms with Gasteiger partial charge in [-0.05, 0) is 24.3 Å². The van der Waals surface area contributed by atoms with E-state index in [-0.39, 0.29) is 0 Å². The fourth-order valence-electron chi connectivity index (χ4n) is 2.94. The predicted octanol–water partition coefficient (Wildman–Crippen LogP) is 2.57. The number of anilines is 4. The fourth-order valence-corrected chi connectivity index (χ4v) is 2.94. The first kappa shape index (κ1) is 17.7. The van der Waals surface area contributed by atoms with Crippen molar-refractivity contribution in [3.63, 3.8) is 0 Å². The molecule has 1 aliphatic heterocycles. The van der Waals surface area contributed by atoms with E-state index >= 15 is 0 Å². The number of hydrogen-bond donors (Lipinski definition) is 2. The lowest BCUT2D eigenvalue weighted by atomic mass is 10.2. The second-order valence-corrected chi connectivity index (χ2v) is 6.29. The SMILES string of the molecule is N#Cc1ccccc1Nc1cc(-c2ccc(N)nc2)nc(N2CCOCC2)n1. The minimum Gasteiger partial charge on any atom is -0.384 e. The number of pyridine rings is 1. The smallest absolute Gasteiger partial charge is 0.228 e. The molecule has 0 spiro atoms. The number of ether oxygens (including phenoxy) is 1. The number of para-hydroxylation sites is 1. The Balaban J connectivity index is 1.75. The van der Waals surface area contributed by atoms with E-state index in [1.807, 2.05) is 30.3 Å². The average Bonchev–Trinajstić information content (AvgIpc) is 2.75. The van der Waals surface area contributed by atoms with Crippen LogP contribution in [0.1, 0.15) is 5.56 Å². The standard InChI is InChI=1S/C20H19N7O/c21-12-14-3-1-2-4-16(14)24-19-11-17(15-5-6-18(22)23-13-15)25-20(26-19)27-7-9-28-10-8-27/h1-6,11,13H,7-10H2,(H2,22,23)(H,24,25,26). The highest BCUT2D eigenvalue weighted by atomic mass is 16.5. The Kier molecular flexibility index (Phi) is 4.99. The summed E-state index contributed by atoms with van der Waals surface area (Å²) in [5, 5.41) is 12.6. The van der Waals surface area contributed by atoms with Crippen LogP contribution in [0.15, 0.2) is 48.7 Å². The van der Waals surface area contributed by atoms with Crippen LogP contribution in [0.5, 0.6) is 0 Å². The first-order chi connectivity index (χ1) is 13.7. The Labute approximate surface area is 162 Å². The van der Waals surface area contributed by atoms with Crippen LogP contribution in [0.25, 0.3) is 11.3 Å². The van der Waals surface area contributed by atoms with Gasteiger partial charge in [0.2, 0.25) is 5.95 Å². The molecule has 0 atom stereocenters. The molecule has 0 saturated carbocycles. The van der Waals surface area contributed by atoms with Crippen LogP contribution in [0.2, 0.25) is 0 Å². The fraction of sp³-hybridized carbons (Fsp3) is 0.200. The van der Waals surface area contributed by atoms with Crippen LogP contribution in [0.3, 0.4) is 0 Å². The maximum atomic E-state index is 9.35. The third-order valence-corrected chi connectivity index (χ3v) is 4.40. The number of nitrogens with two attached hydrogens (primary N) is 1. The molecule has 3 heterocycles. The van der Waals surface area contributed by atoms with Crippen molar-refractivity contribution < 1.29 is 4.74 Å². The Bertz CT molecular complexity index is 1010. The topological polar surface area (TPSA) is 113 Å². The molecule has 0 aliphatic carbocycles. The van der Waals surface area contributed by atoms with Gasteiger partial charge in [-0.2, -0.15) is 10.2 Å². The molecule has 3 N–H and O–H groups in total. The lowest BCUT2D eigenvalue weighted by Gasteiger charge is -2.27. The molecule has 4 rings (SSSR count). The van der Waals surface area contributed by atoms with Crippen molar-refractivity contribution >= 4 is 23.3 Å². The van der Waals surface area contributed by atoms with Gasteiger partial charge in [0.05, 0.1) is 30.2 Å². The Morgan fingerprint density at radius 1 is 1.11 bits per heavy atom. The molecule has 0 amide bonds. The minimum atomic E-state index is 0.451. The van der Waals surface area contributed by atoms with Gasteiger partial charge in [-0.15, -0.1) is 0 Å². The number of hydrogen-bond acceptors (Lipinski definition) is 8. The third-order valence-electron chi connectivity index (χ3n) is 4.40. The molecule has 1 saturated heterocycles. The highest BCUT2D eigenvalue weighted by molar-refractivity contribution is 5.70. The summed E-state index contributed by atoms with van der Waals surface area (Å²) < 4.78 is 5.43. The number of nitriles is 1. The third kappa shape index (κ3) is 3.84. The molecule has 2 aromatic heterocycles. The molecule has 140 valence electrons. The van der Waals surface area contributed by atoms with Gasteiger partial charge in [0.25, 0.3) is 0 Å². The molecule has 8 heteroatoms. The van der Waals surface area contributed by atoms with Crippen molar-refractivity contribution in [2.75, 3.05) is 42.3 Å². The van der Waals surface area contributed by atoms with Gasteiger partial charge in [-0.25, -0.2) is 9.97 Å². The van der Waals surface area contributed by atoms with Crippen LogP contribution in [0, 0.1) is 11.3 Å². The van der Waals surface area contributed by atoms with Crippen LogP contribution >= 0.6 is 0 Å². The molecule has 0 unspecified atom stereocenters. The molecule has 0 bridgehead atoms. The maximum Gasteiger partial charge on any atom is 0.228 e. The van der Waals surface area contributed by atoms with Crippen molar-refractivity contribution in [1.82, 2.24) is 15.0 Å². The molecular formula is C20H19N7O. The second kappa shape index (κ2) is 7.90. The van der Waals surface area contributed by atoms with E-state index in [4.69, 9.17) is 15.5 Å². The second-order valence-electron chi connectivity index (χ2n) is 6.29. The van der Waals surface area contributed by atoms with Crippen LogP contribution < -0.4 is 16.0 Å². The normalized spacial score (nSPS) is 13.8. The summed E-state index contributed by atoms with van der Waals surface area (Å²) in [6.07, 6.45) is 1.69. The number of nitrogens with one attached hydrogen (secondary N) is 1. The van der Waals surface area contributed by atoms with E-state index in [2.05, 4.69) is 26.3 Å². The molecule has 1 aliphatic rings. The number of benzene rings is 1. The molecule has 8 nitrogen and oxygen atoms in total. The highest BCUT2D eigenvalue weighted by Crippen LogP contribution is 2.26. The summed E-state index contributed by atoms with van der Waals surface area (Å²) in [5.74, 6) is 1.66. The average molecular weight is 373 g/mol.